The summed E-state index contributed by atoms with van der Waals surface area (Å²) in [4.78, 5) is 2.53. The Morgan fingerprint density at radius 3 is 2.52 bits per heavy atom. The highest BCUT2D eigenvalue weighted by Crippen LogP contribution is 2.24. The number of rotatable bonds is 8. The third-order valence-electron chi connectivity index (χ3n) is 5.18. The lowest BCUT2D eigenvalue weighted by Crippen LogP contribution is -2.64. The number of piperazine rings is 1. The second kappa shape index (κ2) is 7.93. The van der Waals surface area contributed by atoms with E-state index in [0.717, 1.165) is 32.5 Å². The molecular formula is C16H34N2O2S. The zero-order chi connectivity index (χ0) is 16.1. The fourth-order valence-corrected chi connectivity index (χ4v) is 3.91. The van der Waals surface area contributed by atoms with Crippen LogP contribution in [-0.4, -0.2) is 56.0 Å². The van der Waals surface area contributed by atoms with Gasteiger partial charge in [-0.2, -0.15) is 0 Å². The van der Waals surface area contributed by atoms with E-state index >= 15 is 0 Å². The number of nitrogens with zero attached hydrogens (tertiary/aromatic N) is 1. The Balaban J connectivity index is 2.66. The minimum Gasteiger partial charge on any atom is -0.309 e. The smallest absolute Gasteiger partial charge is 0.150 e. The lowest BCUT2D eigenvalue weighted by Gasteiger charge is -2.48. The van der Waals surface area contributed by atoms with E-state index in [2.05, 4.69) is 37.9 Å². The van der Waals surface area contributed by atoms with Gasteiger partial charge in [-0.3, -0.25) is 4.90 Å². The van der Waals surface area contributed by atoms with Gasteiger partial charge in [0, 0.05) is 30.4 Å². The van der Waals surface area contributed by atoms with E-state index in [0.29, 0.717) is 17.7 Å². The van der Waals surface area contributed by atoms with E-state index in [9.17, 15) is 8.42 Å². The molecule has 0 spiro atoms. The van der Waals surface area contributed by atoms with Gasteiger partial charge in [-0.05, 0) is 32.2 Å². The Kier molecular flexibility index (Phi) is 7.14. The normalized spacial score (nSPS) is 29.5. The Labute approximate surface area is 131 Å². The zero-order valence-corrected chi connectivity index (χ0v) is 15.3. The Bertz CT molecular complexity index is 411. The molecule has 1 aliphatic heterocycles. The fourth-order valence-electron chi connectivity index (χ4n) is 3.05. The molecule has 0 aliphatic carbocycles. The molecule has 1 rings (SSSR count). The van der Waals surface area contributed by atoms with Crippen LogP contribution in [0.2, 0.25) is 0 Å². The number of sulfone groups is 1. The molecule has 0 bridgehead atoms. The Hall–Kier alpha value is -0.130. The largest absolute Gasteiger partial charge is 0.309 e. The molecule has 1 aliphatic rings. The van der Waals surface area contributed by atoms with E-state index < -0.39 is 9.84 Å². The summed E-state index contributed by atoms with van der Waals surface area (Å²) < 4.78 is 23.3. The van der Waals surface area contributed by atoms with Crippen molar-refractivity contribution in [3.8, 4) is 0 Å². The van der Waals surface area contributed by atoms with Crippen molar-refractivity contribution in [1.82, 2.24) is 10.2 Å². The second-order valence-corrected chi connectivity index (χ2v) is 9.28. The van der Waals surface area contributed by atoms with E-state index in [-0.39, 0.29) is 11.3 Å². The SMILES string of the molecule is CCC(C)C1CNC(C)(CC)CN1CCCS(=O)(=O)CC. The van der Waals surface area contributed by atoms with Crippen LogP contribution in [0.5, 0.6) is 0 Å². The molecule has 3 unspecified atom stereocenters. The minimum absolute atomic E-state index is 0.160. The van der Waals surface area contributed by atoms with Crippen molar-refractivity contribution >= 4 is 9.84 Å². The van der Waals surface area contributed by atoms with Gasteiger partial charge in [-0.15, -0.1) is 0 Å². The highest BCUT2D eigenvalue weighted by Gasteiger charge is 2.36. The van der Waals surface area contributed by atoms with Crippen LogP contribution in [0.1, 0.15) is 53.9 Å². The first-order chi connectivity index (χ1) is 9.77. The molecule has 126 valence electrons. The molecule has 3 atom stereocenters. The highest BCUT2D eigenvalue weighted by molar-refractivity contribution is 7.91. The lowest BCUT2D eigenvalue weighted by atomic mass is 9.88. The van der Waals surface area contributed by atoms with Gasteiger partial charge in [-0.25, -0.2) is 8.42 Å². The van der Waals surface area contributed by atoms with Gasteiger partial charge >= 0.3 is 0 Å². The molecule has 5 heteroatoms. The molecule has 1 saturated heterocycles. The summed E-state index contributed by atoms with van der Waals surface area (Å²) in [6.07, 6.45) is 3.02. The van der Waals surface area contributed by atoms with Crippen LogP contribution in [0.4, 0.5) is 0 Å². The van der Waals surface area contributed by atoms with Gasteiger partial charge in [0.05, 0.1) is 5.75 Å². The Morgan fingerprint density at radius 1 is 1.33 bits per heavy atom. The lowest BCUT2D eigenvalue weighted by molar-refractivity contribution is 0.0553. The van der Waals surface area contributed by atoms with Gasteiger partial charge in [-0.1, -0.05) is 34.1 Å². The monoisotopic (exact) mass is 318 g/mol. The van der Waals surface area contributed by atoms with Crippen LogP contribution in [0.25, 0.3) is 0 Å². The average molecular weight is 319 g/mol. The van der Waals surface area contributed by atoms with E-state index in [1.54, 1.807) is 6.92 Å². The molecule has 0 amide bonds. The van der Waals surface area contributed by atoms with E-state index in [4.69, 9.17) is 0 Å². The predicted molar refractivity (Wildman–Crippen MR) is 90.5 cm³/mol. The Morgan fingerprint density at radius 2 is 2.00 bits per heavy atom. The van der Waals surface area contributed by atoms with E-state index in [1.807, 2.05) is 0 Å². The van der Waals surface area contributed by atoms with Crippen LogP contribution in [0.15, 0.2) is 0 Å². The zero-order valence-electron chi connectivity index (χ0n) is 14.5. The van der Waals surface area contributed by atoms with Crippen LogP contribution in [0, 0.1) is 5.92 Å². The minimum atomic E-state index is -2.84. The first-order valence-corrected chi connectivity index (χ1v) is 10.3. The third-order valence-corrected chi connectivity index (χ3v) is 6.97. The third kappa shape index (κ3) is 5.53. The fraction of sp³-hybridized carbons (Fsp3) is 1.00. The predicted octanol–water partition coefficient (Wildman–Crippen LogP) is 2.30. The molecule has 1 heterocycles. The number of nitrogens with one attached hydrogen (secondary N) is 1. The highest BCUT2D eigenvalue weighted by atomic mass is 32.2. The summed E-state index contributed by atoms with van der Waals surface area (Å²) in [6.45, 7) is 13.7. The summed E-state index contributed by atoms with van der Waals surface area (Å²) in [6, 6.07) is 0.527. The molecule has 1 N–H and O–H groups in total. The summed E-state index contributed by atoms with van der Waals surface area (Å²) in [7, 11) is -2.84. The maximum absolute atomic E-state index is 11.7. The quantitative estimate of drug-likeness (QED) is 0.746. The first-order valence-electron chi connectivity index (χ1n) is 8.46. The van der Waals surface area contributed by atoms with Crippen molar-refractivity contribution in [3.63, 3.8) is 0 Å². The summed E-state index contributed by atoms with van der Waals surface area (Å²) in [5.74, 6) is 1.22. The summed E-state index contributed by atoms with van der Waals surface area (Å²) in [5.41, 5.74) is 0.160. The number of hydrogen-bond donors (Lipinski definition) is 1. The van der Waals surface area contributed by atoms with Gasteiger partial charge in [0.15, 0.2) is 0 Å². The first kappa shape index (κ1) is 18.9. The van der Waals surface area contributed by atoms with Crippen molar-refractivity contribution < 1.29 is 8.42 Å². The number of hydrogen-bond acceptors (Lipinski definition) is 4. The van der Waals surface area contributed by atoms with Gasteiger partial charge in [0.2, 0.25) is 0 Å². The molecular weight excluding hydrogens is 284 g/mol. The van der Waals surface area contributed by atoms with Crippen molar-refractivity contribution in [3.05, 3.63) is 0 Å². The topological polar surface area (TPSA) is 49.4 Å². The van der Waals surface area contributed by atoms with Crippen molar-refractivity contribution in [2.24, 2.45) is 5.92 Å². The molecule has 0 aromatic heterocycles. The molecule has 4 nitrogen and oxygen atoms in total. The van der Waals surface area contributed by atoms with Gasteiger partial charge in [0.25, 0.3) is 0 Å². The molecule has 1 fully saturated rings. The van der Waals surface area contributed by atoms with E-state index in [1.165, 1.54) is 6.42 Å². The van der Waals surface area contributed by atoms with Crippen LogP contribution < -0.4 is 5.32 Å². The van der Waals surface area contributed by atoms with Crippen molar-refractivity contribution in [2.45, 2.75) is 65.5 Å². The van der Waals surface area contributed by atoms with Crippen LogP contribution in [0.3, 0.4) is 0 Å². The molecule has 0 aromatic rings. The van der Waals surface area contributed by atoms with Crippen LogP contribution >= 0.6 is 0 Å². The van der Waals surface area contributed by atoms with Gasteiger partial charge in [0.1, 0.15) is 9.84 Å². The van der Waals surface area contributed by atoms with Crippen molar-refractivity contribution in [1.29, 1.82) is 0 Å². The second-order valence-electron chi connectivity index (χ2n) is 6.81. The maximum Gasteiger partial charge on any atom is 0.150 e. The molecule has 0 aromatic carbocycles. The van der Waals surface area contributed by atoms with Crippen LogP contribution in [-0.2, 0) is 9.84 Å². The summed E-state index contributed by atoms with van der Waals surface area (Å²) >= 11 is 0. The standard InChI is InChI=1S/C16H34N2O2S/c1-6-14(4)15-12-17-16(5,7-2)13-18(15)10-9-11-21(19,20)8-3/h14-15,17H,6-13H2,1-5H3. The average Bonchev–Trinajstić information content (AvgIpc) is 2.46. The summed E-state index contributed by atoms with van der Waals surface area (Å²) in [5, 5.41) is 3.70. The molecule has 0 saturated carbocycles. The molecule has 21 heavy (non-hydrogen) atoms. The van der Waals surface area contributed by atoms with Crippen molar-refractivity contribution in [2.75, 3.05) is 31.1 Å². The van der Waals surface area contributed by atoms with Gasteiger partial charge < -0.3 is 5.32 Å². The molecule has 0 radical (unpaired) electrons. The maximum atomic E-state index is 11.7.